The van der Waals surface area contributed by atoms with E-state index < -0.39 is 5.97 Å². The summed E-state index contributed by atoms with van der Waals surface area (Å²) in [4.78, 5) is 18.5. The number of carbonyl (C=O) groups excluding carboxylic acids is 1. The molecule has 0 aliphatic heterocycles. The van der Waals surface area contributed by atoms with Gasteiger partial charge < -0.3 is 13.7 Å². The number of carbonyl (C=O) groups is 1. The van der Waals surface area contributed by atoms with Crippen molar-refractivity contribution in [2.24, 2.45) is 0 Å². The van der Waals surface area contributed by atoms with E-state index in [1.54, 1.807) is 0 Å². The van der Waals surface area contributed by atoms with Crippen LogP contribution >= 0.6 is 0 Å². The number of methoxy groups -OCH3 is 1. The maximum absolute atomic E-state index is 10.9. The third-order valence-corrected chi connectivity index (χ3v) is 1.45. The van der Waals surface area contributed by atoms with Crippen LogP contribution in [0.25, 0.3) is 11.5 Å². The van der Waals surface area contributed by atoms with Gasteiger partial charge in [-0.05, 0) is 0 Å². The molecule has 0 saturated carbocycles. The third kappa shape index (κ3) is 1.35. The van der Waals surface area contributed by atoms with Crippen molar-refractivity contribution in [1.29, 1.82) is 0 Å². The summed E-state index contributed by atoms with van der Waals surface area (Å²) in [7, 11) is 1.22. The van der Waals surface area contributed by atoms with Gasteiger partial charge in [-0.3, -0.25) is 0 Å². The molecule has 0 aliphatic rings. The van der Waals surface area contributed by atoms with Gasteiger partial charge in [-0.25, -0.2) is 9.78 Å². The Morgan fingerprint density at radius 2 is 2.43 bits per heavy atom. The van der Waals surface area contributed by atoms with Crippen molar-refractivity contribution in [3.8, 4) is 11.5 Å². The van der Waals surface area contributed by atoms with Gasteiger partial charge in [0.1, 0.15) is 12.0 Å². The summed E-state index contributed by atoms with van der Waals surface area (Å²) in [5.41, 5.74) is 0.393. The van der Waals surface area contributed by atoms with Crippen LogP contribution < -0.4 is 0 Å². The molecule has 0 amide bonds. The maximum atomic E-state index is 10.9. The summed E-state index contributed by atoms with van der Waals surface area (Å²) in [6, 6.07) is 0. The van der Waals surface area contributed by atoms with Gasteiger partial charge in [-0.15, -0.1) is 0 Å². The van der Waals surface area contributed by atoms with E-state index in [1.165, 1.54) is 19.8 Å². The Labute approximate surface area is 77.7 Å². The normalized spacial score (nSPS) is 10.1. The minimum Gasteiger partial charge on any atom is -0.462 e. The molecule has 2 aromatic heterocycles. The zero-order chi connectivity index (χ0) is 9.97. The fraction of sp³-hybridized carbons (Fsp3) is 0.143. The molecular weight excluding hydrogens is 190 g/mol. The van der Waals surface area contributed by atoms with E-state index in [-0.39, 0.29) is 11.7 Å². The molecule has 7 nitrogen and oxygen atoms in total. The van der Waals surface area contributed by atoms with Crippen molar-refractivity contribution in [3.63, 3.8) is 0 Å². The molecule has 0 unspecified atom stereocenters. The van der Waals surface area contributed by atoms with Crippen LogP contribution in [-0.2, 0) is 4.74 Å². The molecule has 0 atom stereocenters. The molecule has 0 aromatic carbocycles. The highest BCUT2D eigenvalue weighted by atomic mass is 16.6. The van der Waals surface area contributed by atoms with Crippen molar-refractivity contribution >= 4 is 5.97 Å². The Morgan fingerprint density at radius 1 is 1.57 bits per heavy atom. The van der Waals surface area contributed by atoms with Crippen LogP contribution in [0.5, 0.6) is 0 Å². The zero-order valence-corrected chi connectivity index (χ0v) is 7.13. The molecule has 0 spiro atoms. The van der Waals surface area contributed by atoms with Gasteiger partial charge in [0, 0.05) is 0 Å². The van der Waals surface area contributed by atoms with Crippen molar-refractivity contribution in [3.05, 3.63) is 18.5 Å². The molecule has 0 N–H and O–H groups in total. The minimum absolute atomic E-state index is 0.180. The van der Waals surface area contributed by atoms with E-state index in [0.29, 0.717) is 5.69 Å². The first-order valence-corrected chi connectivity index (χ1v) is 3.62. The predicted molar refractivity (Wildman–Crippen MR) is 41.1 cm³/mol. The van der Waals surface area contributed by atoms with Crippen molar-refractivity contribution < 1.29 is 18.5 Å². The van der Waals surface area contributed by atoms with E-state index in [9.17, 15) is 4.79 Å². The first kappa shape index (κ1) is 8.42. The van der Waals surface area contributed by atoms with Gasteiger partial charge in [0.25, 0.3) is 0 Å². The summed E-state index contributed by atoms with van der Waals surface area (Å²) >= 11 is 0. The number of hydrogen-bond donors (Lipinski definition) is 0. The van der Waals surface area contributed by atoms with Crippen LogP contribution in [-0.4, -0.2) is 28.2 Å². The second-order valence-electron chi connectivity index (χ2n) is 2.29. The fourth-order valence-electron chi connectivity index (χ4n) is 0.821. The van der Waals surface area contributed by atoms with E-state index in [2.05, 4.69) is 24.4 Å². The smallest absolute Gasteiger partial charge is 0.397 e. The second kappa shape index (κ2) is 3.29. The lowest BCUT2D eigenvalue weighted by atomic mass is 10.5. The van der Waals surface area contributed by atoms with E-state index in [0.717, 1.165) is 0 Å². The van der Waals surface area contributed by atoms with E-state index in [4.69, 9.17) is 4.42 Å². The summed E-state index contributed by atoms with van der Waals surface area (Å²) in [5, 5.41) is 3.52. The van der Waals surface area contributed by atoms with Gasteiger partial charge in [0.2, 0.25) is 5.82 Å². The fourth-order valence-corrected chi connectivity index (χ4v) is 0.821. The lowest BCUT2D eigenvalue weighted by molar-refractivity contribution is 0.0545. The van der Waals surface area contributed by atoms with Gasteiger partial charge in [0.15, 0.2) is 6.39 Å². The molecule has 0 radical (unpaired) electrons. The largest absolute Gasteiger partial charge is 0.462 e. The van der Waals surface area contributed by atoms with Crippen LogP contribution in [0.2, 0.25) is 0 Å². The van der Waals surface area contributed by atoms with Crippen LogP contribution in [0.1, 0.15) is 10.7 Å². The summed E-state index contributed by atoms with van der Waals surface area (Å²) in [5.74, 6) is -0.725. The standard InChI is InChI=1S/C7H5N3O4/c1-12-7(11)6-9-5(10-14-6)4-2-13-3-8-4/h2-3H,1H3. The van der Waals surface area contributed by atoms with Crippen molar-refractivity contribution in [1.82, 2.24) is 15.1 Å². The number of ether oxygens (including phenoxy) is 1. The lowest BCUT2D eigenvalue weighted by Gasteiger charge is -1.87. The van der Waals surface area contributed by atoms with Crippen molar-refractivity contribution in [2.45, 2.75) is 0 Å². The molecule has 0 aliphatic carbocycles. The highest BCUT2D eigenvalue weighted by Gasteiger charge is 2.17. The SMILES string of the molecule is COC(=O)c1nc(-c2cocn2)no1. The first-order chi connectivity index (χ1) is 6.81. The first-order valence-electron chi connectivity index (χ1n) is 3.62. The monoisotopic (exact) mass is 195 g/mol. The minimum atomic E-state index is -0.688. The zero-order valence-electron chi connectivity index (χ0n) is 7.13. The van der Waals surface area contributed by atoms with Crippen LogP contribution in [0, 0.1) is 0 Å². The predicted octanol–water partition coefficient (Wildman–Crippen LogP) is 0.511. The second-order valence-corrected chi connectivity index (χ2v) is 2.29. The van der Waals surface area contributed by atoms with Gasteiger partial charge >= 0.3 is 11.9 Å². The molecule has 2 rings (SSSR count). The summed E-state index contributed by atoms with van der Waals surface area (Å²) in [6.45, 7) is 0. The van der Waals surface area contributed by atoms with E-state index in [1.807, 2.05) is 0 Å². The molecule has 0 fully saturated rings. The molecule has 7 heteroatoms. The maximum Gasteiger partial charge on any atom is 0.397 e. The highest BCUT2D eigenvalue weighted by Crippen LogP contribution is 2.12. The van der Waals surface area contributed by atoms with Crippen LogP contribution in [0.15, 0.2) is 21.6 Å². The Balaban J connectivity index is 2.31. The van der Waals surface area contributed by atoms with Gasteiger partial charge in [-0.1, -0.05) is 5.16 Å². The Bertz CT molecular complexity index is 433. The summed E-state index contributed by atoms with van der Waals surface area (Å²) < 4.78 is 13.7. The number of nitrogens with zero attached hydrogens (tertiary/aromatic N) is 3. The highest BCUT2D eigenvalue weighted by molar-refractivity contribution is 5.84. The number of oxazole rings is 1. The average Bonchev–Trinajstić information content (AvgIpc) is 2.86. The third-order valence-electron chi connectivity index (χ3n) is 1.45. The molecule has 2 aromatic rings. The number of rotatable bonds is 2. The van der Waals surface area contributed by atoms with E-state index >= 15 is 0 Å². The molecule has 14 heavy (non-hydrogen) atoms. The van der Waals surface area contributed by atoms with Crippen LogP contribution in [0.4, 0.5) is 0 Å². The van der Waals surface area contributed by atoms with Gasteiger partial charge in [0.05, 0.1) is 7.11 Å². The molecule has 0 bridgehead atoms. The molecular formula is C7H5N3O4. The van der Waals surface area contributed by atoms with Gasteiger partial charge in [-0.2, -0.15) is 4.98 Å². The Morgan fingerprint density at radius 3 is 3.07 bits per heavy atom. The number of aromatic nitrogens is 3. The lowest BCUT2D eigenvalue weighted by Crippen LogP contribution is -2.00. The molecule has 72 valence electrons. The Hall–Kier alpha value is -2.18. The topological polar surface area (TPSA) is 91.2 Å². The van der Waals surface area contributed by atoms with Crippen LogP contribution in [0.3, 0.4) is 0 Å². The molecule has 2 heterocycles. The summed E-state index contributed by atoms with van der Waals surface area (Å²) in [6.07, 6.45) is 2.56. The number of esters is 1. The van der Waals surface area contributed by atoms with Crippen molar-refractivity contribution in [2.75, 3.05) is 7.11 Å². The average molecular weight is 195 g/mol. The molecule has 0 saturated heterocycles. The quantitative estimate of drug-likeness (QED) is 0.644. The Kier molecular flexibility index (Phi) is 1.98. The number of hydrogen-bond acceptors (Lipinski definition) is 7.